The van der Waals surface area contributed by atoms with Gasteiger partial charge in [-0.1, -0.05) is 35.0 Å². The van der Waals surface area contributed by atoms with Gasteiger partial charge in [-0.15, -0.1) is 13.2 Å². The second kappa shape index (κ2) is 12.4. The average Bonchev–Trinajstić information content (AvgIpc) is 3.70. The number of hydrogen-bond acceptors (Lipinski definition) is 7. The van der Waals surface area contributed by atoms with Gasteiger partial charge in [-0.3, -0.25) is 4.79 Å². The number of fused-ring (bicyclic) bond motifs is 2. The molecule has 0 aromatic heterocycles. The van der Waals surface area contributed by atoms with Crippen LogP contribution >= 0.6 is 11.6 Å². The number of carbonyl (C=O) groups excluding carboxylic acids is 1. The van der Waals surface area contributed by atoms with Crippen LogP contribution in [0.1, 0.15) is 49.4 Å². The second-order valence-corrected chi connectivity index (χ2v) is 12.3. The molecule has 1 aliphatic carbocycles. The van der Waals surface area contributed by atoms with Gasteiger partial charge in [0.05, 0.1) is 12.8 Å². The number of ether oxygens (including phenoxy) is 2. The van der Waals surface area contributed by atoms with Gasteiger partial charge in [0.1, 0.15) is 17.5 Å². The number of amides is 1. The van der Waals surface area contributed by atoms with E-state index in [1.165, 1.54) is 54.5 Å². The van der Waals surface area contributed by atoms with E-state index < -0.39 is 58.5 Å². The normalized spacial score (nSPS) is 16.3. The van der Waals surface area contributed by atoms with Crippen molar-refractivity contribution in [2.45, 2.75) is 56.3 Å². The van der Waals surface area contributed by atoms with Gasteiger partial charge in [0.15, 0.2) is 5.71 Å². The molecule has 1 aliphatic heterocycles. The smallest absolute Gasteiger partial charge is 0.497 e. The van der Waals surface area contributed by atoms with Gasteiger partial charge in [0.25, 0.3) is 5.91 Å². The molecular weight excluding hydrogens is 672 g/mol. The number of carboxylic acid groups (broad SMARTS) is 1. The van der Waals surface area contributed by atoms with Crippen LogP contribution in [0, 0.1) is 0 Å². The minimum atomic E-state index is -5.11. The molecule has 48 heavy (non-hydrogen) atoms. The summed E-state index contributed by atoms with van der Waals surface area (Å²) in [5.41, 5.74) is -3.50. The first kappa shape index (κ1) is 34.7. The van der Waals surface area contributed by atoms with E-state index in [4.69, 9.17) is 21.2 Å². The maximum absolute atomic E-state index is 14.4. The summed E-state index contributed by atoms with van der Waals surface area (Å²) in [5, 5.41) is 15.7. The topological polar surface area (TPSA) is 110 Å². The standard InChI is InChI=1S/C32H28ClF6N3O6/c1-29(2,28(44)45)48-41-26(31(34,35)36)18-12-20(14-22(13-18)46-3)40-25(17-4-6-19(33)7-5-17)27(43)42-16-30(10-11-30)23-9-8-21(15-24(23)42)47-32(37,38)39/h4-9,12-15,25,40H,10-11,16H2,1-3H3,(H,44,45)/b41-26-. The summed E-state index contributed by atoms with van der Waals surface area (Å²) in [6.45, 7) is 2.20. The molecule has 0 saturated heterocycles. The molecule has 2 aliphatic rings. The van der Waals surface area contributed by atoms with Gasteiger partial charge in [-0.05, 0) is 68.1 Å². The molecule has 1 atom stereocenters. The highest BCUT2D eigenvalue weighted by Gasteiger charge is 2.54. The highest BCUT2D eigenvalue weighted by Crippen LogP contribution is 2.57. The van der Waals surface area contributed by atoms with E-state index in [0.717, 1.165) is 32.0 Å². The Balaban J connectivity index is 1.56. The molecule has 0 radical (unpaired) electrons. The fraction of sp³-hybridized carbons (Fsp3) is 0.344. The third-order valence-electron chi connectivity index (χ3n) is 7.97. The van der Waals surface area contributed by atoms with Crippen LogP contribution in [0.2, 0.25) is 5.02 Å². The van der Waals surface area contributed by atoms with Crippen LogP contribution in [0.5, 0.6) is 11.5 Å². The van der Waals surface area contributed by atoms with E-state index in [1.54, 1.807) is 0 Å². The van der Waals surface area contributed by atoms with Crippen LogP contribution in [0.4, 0.5) is 37.7 Å². The molecule has 1 heterocycles. The Kier molecular flexibility index (Phi) is 8.97. The zero-order chi connectivity index (χ0) is 35.2. The lowest BCUT2D eigenvalue weighted by Gasteiger charge is -2.27. The van der Waals surface area contributed by atoms with Crippen LogP contribution in [0.25, 0.3) is 0 Å². The third-order valence-corrected chi connectivity index (χ3v) is 8.22. The van der Waals surface area contributed by atoms with E-state index >= 15 is 0 Å². The minimum Gasteiger partial charge on any atom is -0.497 e. The molecule has 1 saturated carbocycles. The molecule has 0 bridgehead atoms. The lowest BCUT2D eigenvalue weighted by atomic mass is 9.99. The van der Waals surface area contributed by atoms with Crippen LogP contribution in [0.3, 0.4) is 0 Å². The van der Waals surface area contributed by atoms with Crippen LogP contribution in [0.15, 0.2) is 65.8 Å². The molecule has 1 amide bonds. The summed E-state index contributed by atoms with van der Waals surface area (Å²) in [5.74, 6) is -2.77. The number of carbonyl (C=O) groups is 2. The fourth-order valence-corrected chi connectivity index (χ4v) is 5.42. The van der Waals surface area contributed by atoms with E-state index in [2.05, 4.69) is 15.2 Å². The Morgan fingerprint density at radius 2 is 1.65 bits per heavy atom. The minimum absolute atomic E-state index is 0.0400. The summed E-state index contributed by atoms with van der Waals surface area (Å²) in [6, 6.07) is 11.9. The van der Waals surface area contributed by atoms with Gasteiger partial charge in [-0.2, -0.15) is 13.2 Å². The van der Waals surface area contributed by atoms with Crippen molar-refractivity contribution in [3.05, 3.63) is 82.4 Å². The summed E-state index contributed by atoms with van der Waals surface area (Å²) in [6.07, 6.45) is -8.69. The maximum atomic E-state index is 14.4. The SMILES string of the molecule is COc1cc(NC(C(=O)N2CC3(CC3)c3ccc(OC(F)(F)F)cc32)c2ccc(Cl)cc2)cc(/C(=N/OC(C)(C)C(=O)O)C(F)(F)F)c1. The molecule has 2 N–H and O–H groups in total. The first-order valence-electron chi connectivity index (χ1n) is 14.3. The zero-order valence-electron chi connectivity index (χ0n) is 25.5. The quantitative estimate of drug-likeness (QED) is 0.127. The number of nitrogens with zero attached hydrogens (tertiary/aromatic N) is 2. The van der Waals surface area contributed by atoms with E-state index in [-0.39, 0.29) is 23.7 Å². The largest absolute Gasteiger partial charge is 0.573 e. The van der Waals surface area contributed by atoms with Crippen molar-refractivity contribution in [2.75, 3.05) is 23.9 Å². The zero-order valence-corrected chi connectivity index (χ0v) is 26.3. The number of aliphatic carboxylic acids is 1. The molecule has 1 spiro atoms. The van der Waals surface area contributed by atoms with Crippen molar-refractivity contribution in [3.63, 3.8) is 0 Å². The van der Waals surface area contributed by atoms with Crippen LogP contribution in [-0.2, 0) is 19.8 Å². The van der Waals surface area contributed by atoms with Crippen molar-refractivity contribution in [2.24, 2.45) is 5.16 Å². The van der Waals surface area contributed by atoms with Crippen molar-refractivity contribution in [1.29, 1.82) is 0 Å². The Morgan fingerprint density at radius 1 is 0.979 bits per heavy atom. The Hall–Kier alpha value is -4.66. The molecule has 1 fully saturated rings. The highest BCUT2D eigenvalue weighted by atomic mass is 35.5. The van der Waals surface area contributed by atoms with E-state index in [0.29, 0.717) is 29.0 Å². The average molecular weight is 700 g/mol. The van der Waals surface area contributed by atoms with Gasteiger partial charge in [0, 0.05) is 40.4 Å². The van der Waals surface area contributed by atoms with Gasteiger partial charge in [0.2, 0.25) is 5.60 Å². The van der Waals surface area contributed by atoms with Crippen molar-refractivity contribution < 1.29 is 55.3 Å². The number of halogens is 7. The number of nitrogens with one attached hydrogen (secondary N) is 1. The second-order valence-electron chi connectivity index (χ2n) is 11.9. The van der Waals surface area contributed by atoms with Crippen molar-refractivity contribution in [3.8, 4) is 11.5 Å². The summed E-state index contributed by atoms with van der Waals surface area (Å²) >= 11 is 6.08. The monoisotopic (exact) mass is 699 g/mol. The first-order chi connectivity index (χ1) is 22.3. The number of carboxylic acids is 1. The Morgan fingerprint density at radius 3 is 2.21 bits per heavy atom. The lowest BCUT2D eigenvalue weighted by Crippen LogP contribution is -2.38. The molecule has 9 nitrogen and oxygen atoms in total. The summed E-state index contributed by atoms with van der Waals surface area (Å²) in [7, 11) is 1.20. The van der Waals surface area contributed by atoms with E-state index in [1.807, 2.05) is 0 Å². The third kappa shape index (κ3) is 7.40. The number of oxime groups is 1. The predicted octanol–water partition coefficient (Wildman–Crippen LogP) is 7.63. The summed E-state index contributed by atoms with van der Waals surface area (Å²) < 4.78 is 91.2. The van der Waals surface area contributed by atoms with Gasteiger partial charge >= 0.3 is 18.5 Å². The van der Waals surface area contributed by atoms with Crippen molar-refractivity contribution in [1.82, 2.24) is 0 Å². The number of alkyl halides is 6. The molecule has 5 rings (SSSR count). The number of hydrogen-bond donors (Lipinski definition) is 2. The van der Waals surface area contributed by atoms with Crippen LogP contribution < -0.4 is 19.7 Å². The Labute approximate surface area is 275 Å². The molecule has 1 unspecified atom stereocenters. The van der Waals surface area contributed by atoms with Gasteiger partial charge < -0.3 is 29.6 Å². The molecule has 3 aromatic carbocycles. The Bertz CT molecular complexity index is 1760. The number of benzene rings is 3. The number of methoxy groups -OCH3 is 1. The van der Waals surface area contributed by atoms with Crippen LogP contribution in [-0.4, -0.2) is 54.5 Å². The highest BCUT2D eigenvalue weighted by molar-refractivity contribution is 6.30. The molecule has 3 aromatic rings. The molecule has 256 valence electrons. The fourth-order valence-electron chi connectivity index (χ4n) is 5.30. The number of anilines is 2. The van der Waals surface area contributed by atoms with Crippen molar-refractivity contribution >= 4 is 40.6 Å². The summed E-state index contributed by atoms with van der Waals surface area (Å²) in [4.78, 5) is 31.9. The molecular formula is C32H28ClF6N3O6. The van der Waals surface area contributed by atoms with Gasteiger partial charge in [-0.25, -0.2) is 4.79 Å². The maximum Gasteiger partial charge on any atom is 0.573 e. The molecule has 16 heteroatoms. The lowest BCUT2D eigenvalue weighted by molar-refractivity contribution is -0.274. The van der Waals surface area contributed by atoms with E-state index in [9.17, 15) is 41.0 Å². The first-order valence-corrected chi connectivity index (χ1v) is 14.7. The number of rotatable bonds is 10. The predicted molar refractivity (Wildman–Crippen MR) is 163 cm³/mol.